The van der Waals surface area contributed by atoms with Gasteiger partial charge in [0.05, 0.1) is 0 Å². The van der Waals surface area contributed by atoms with Crippen molar-refractivity contribution in [1.82, 2.24) is 0 Å². The molecule has 0 heterocycles. The van der Waals surface area contributed by atoms with Gasteiger partial charge in [0.2, 0.25) is 0 Å². The van der Waals surface area contributed by atoms with E-state index in [9.17, 15) is 4.57 Å². The lowest BCUT2D eigenvalue weighted by Gasteiger charge is -2.02. The average Bonchev–Trinajstić information content (AvgIpc) is 2.39. The van der Waals surface area contributed by atoms with Crippen molar-refractivity contribution in [2.24, 2.45) is 0 Å². The monoisotopic (exact) mass is 243 g/mol. The molecule has 0 spiro atoms. The van der Waals surface area contributed by atoms with Crippen LogP contribution in [0.4, 0.5) is 0 Å². The van der Waals surface area contributed by atoms with E-state index >= 15 is 0 Å². The van der Waals surface area contributed by atoms with E-state index in [1.54, 1.807) is 0 Å². The molecule has 2 aromatic rings. The fraction of sp³-hybridized carbons (Fsp3) is 0.200. The first-order chi connectivity index (χ1) is 8.18. The quantitative estimate of drug-likeness (QED) is 0.753. The minimum absolute atomic E-state index is 0.513. The first kappa shape index (κ1) is 12.0. The number of hydrogen-bond donors (Lipinski definition) is 0. The zero-order chi connectivity index (χ0) is 12.3. The predicted octanol–water partition coefficient (Wildman–Crippen LogP) is 3.59. The summed E-state index contributed by atoms with van der Waals surface area (Å²) >= 11 is 0. The molecule has 0 aliphatic heterocycles. The summed E-state index contributed by atoms with van der Waals surface area (Å²) in [5, 5.41) is 1.79. The predicted molar refractivity (Wildman–Crippen MR) is 73.8 cm³/mol. The van der Waals surface area contributed by atoms with Crippen LogP contribution < -0.4 is 10.6 Å². The Bertz CT molecular complexity index is 500. The second kappa shape index (κ2) is 5.25. The summed E-state index contributed by atoms with van der Waals surface area (Å²) in [5.74, 6) is 0.513. The molecule has 0 aromatic heterocycles. The number of rotatable bonds is 3. The normalized spacial score (nSPS) is 11.6. The van der Waals surface area contributed by atoms with Crippen LogP contribution >= 0.6 is 7.80 Å². The van der Waals surface area contributed by atoms with E-state index in [0.29, 0.717) is 5.92 Å². The molecule has 0 N–H and O–H groups in total. The third-order valence-corrected chi connectivity index (χ3v) is 4.32. The molecule has 0 fully saturated rings. The molecule has 0 aliphatic rings. The fourth-order valence-electron chi connectivity index (χ4n) is 1.71. The standard InChI is InChI=1S/C15H16OP/c1-12(2)13-8-10-15(11-9-13)17(16)14-6-4-3-5-7-14/h3-12H,1-2H3/q+1. The third kappa shape index (κ3) is 2.81. The van der Waals surface area contributed by atoms with Gasteiger partial charge in [0.25, 0.3) is 0 Å². The van der Waals surface area contributed by atoms with Crippen LogP contribution in [-0.4, -0.2) is 0 Å². The van der Waals surface area contributed by atoms with Gasteiger partial charge in [0.1, 0.15) is 0 Å². The van der Waals surface area contributed by atoms with Gasteiger partial charge in [-0.25, -0.2) is 0 Å². The number of benzene rings is 2. The molecule has 2 aromatic carbocycles. The minimum atomic E-state index is -1.45. The van der Waals surface area contributed by atoms with Crippen LogP contribution in [0.3, 0.4) is 0 Å². The van der Waals surface area contributed by atoms with Gasteiger partial charge >= 0.3 is 7.80 Å². The zero-order valence-electron chi connectivity index (χ0n) is 10.1. The van der Waals surface area contributed by atoms with E-state index in [-0.39, 0.29) is 0 Å². The molecule has 2 rings (SSSR count). The Balaban J connectivity index is 2.27. The first-order valence-corrected chi connectivity index (χ1v) is 7.06. The van der Waals surface area contributed by atoms with E-state index in [1.807, 2.05) is 42.5 Å². The van der Waals surface area contributed by atoms with Gasteiger partial charge < -0.3 is 0 Å². The molecule has 0 saturated heterocycles. The summed E-state index contributed by atoms with van der Waals surface area (Å²) in [6.45, 7) is 4.32. The van der Waals surface area contributed by atoms with Crippen LogP contribution in [0.25, 0.3) is 0 Å². The van der Waals surface area contributed by atoms with Gasteiger partial charge in [0, 0.05) is 0 Å². The van der Waals surface area contributed by atoms with Crippen molar-refractivity contribution in [3.63, 3.8) is 0 Å². The average molecular weight is 243 g/mol. The molecule has 2 heteroatoms. The van der Waals surface area contributed by atoms with Crippen LogP contribution in [-0.2, 0) is 4.57 Å². The van der Waals surface area contributed by atoms with E-state index < -0.39 is 7.80 Å². The second-order valence-electron chi connectivity index (χ2n) is 4.38. The molecule has 0 amide bonds. The van der Waals surface area contributed by atoms with Gasteiger partial charge in [-0.15, -0.1) is 0 Å². The van der Waals surface area contributed by atoms with Crippen molar-refractivity contribution >= 4 is 18.4 Å². The van der Waals surface area contributed by atoms with Crippen molar-refractivity contribution in [3.8, 4) is 0 Å². The summed E-state index contributed by atoms with van der Waals surface area (Å²) in [4.78, 5) is 0. The molecule has 1 nitrogen and oxygen atoms in total. The maximum Gasteiger partial charge on any atom is 0.415 e. The summed E-state index contributed by atoms with van der Waals surface area (Å²) in [5.41, 5.74) is 1.28. The molecular formula is C15H16OP+. The molecule has 0 bridgehead atoms. The lowest BCUT2D eigenvalue weighted by atomic mass is 10.0. The van der Waals surface area contributed by atoms with Crippen molar-refractivity contribution < 1.29 is 4.57 Å². The molecule has 1 unspecified atom stereocenters. The molecule has 0 aliphatic carbocycles. The molecular weight excluding hydrogens is 227 g/mol. The molecule has 17 heavy (non-hydrogen) atoms. The van der Waals surface area contributed by atoms with Gasteiger partial charge in [-0.1, -0.05) is 48.7 Å². The lowest BCUT2D eigenvalue weighted by molar-refractivity contribution is 0.598. The highest BCUT2D eigenvalue weighted by atomic mass is 31.1. The molecule has 1 atom stereocenters. The third-order valence-electron chi connectivity index (χ3n) is 2.78. The van der Waals surface area contributed by atoms with Crippen LogP contribution in [0.1, 0.15) is 25.3 Å². The topological polar surface area (TPSA) is 17.1 Å². The SMILES string of the molecule is CC(C)c1ccc([P+](=O)c2ccccc2)cc1. The Kier molecular flexibility index (Phi) is 3.71. The largest absolute Gasteiger partial charge is 0.415 e. The Hall–Kier alpha value is -1.46. The van der Waals surface area contributed by atoms with E-state index in [4.69, 9.17) is 0 Å². The summed E-state index contributed by atoms with van der Waals surface area (Å²) in [6.07, 6.45) is 0. The van der Waals surface area contributed by atoms with Crippen molar-refractivity contribution in [1.29, 1.82) is 0 Å². The Morgan fingerprint density at radius 3 is 1.88 bits per heavy atom. The van der Waals surface area contributed by atoms with Crippen molar-refractivity contribution in [3.05, 3.63) is 60.2 Å². The Morgan fingerprint density at radius 2 is 1.35 bits per heavy atom. The van der Waals surface area contributed by atoms with Crippen LogP contribution in [0.2, 0.25) is 0 Å². The van der Waals surface area contributed by atoms with Crippen LogP contribution in [0.15, 0.2) is 54.6 Å². The van der Waals surface area contributed by atoms with E-state index in [2.05, 4.69) is 26.0 Å². The summed E-state index contributed by atoms with van der Waals surface area (Å²) in [6, 6.07) is 17.7. The van der Waals surface area contributed by atoms with E-state index in [0.717, 1.165) is 10.6 Å². The molecule has 0 saturated carbocycles. The van der Waals surface area contributed by atoms with Crippen molar-refractivity contribution in [2.45, 2.75) is 19.8 Å². The number of hydrogen-bond acceptors (Lipinski definition) is 1. The lowest BCUT2D eigenvalue weighted by Crippen LogP contribution is -2.06. The minimum Gasteiger partial charge on any atom is -0.0619 e. The van der Waals surface area contributed by atoms with Gasteiger partial charge in [0.15, 0.2) is 10.6 Å². The first-order valence-electron chi connectivity index (χ1n) is 5.81. The van der Waals surface area contributed by atoms with Crippen LogP contribution in [0.5, 0.6) is 0 Å². The fourth-order valence-corrected chi connectivity index (χ4v) is 2.87. The highest BCUT2D eigenvalue weighted by molar-refractivity contribution is 7.61. The summed E-state index contributed by atoms with van der Waals surface area (Å²) in [7, 11) is -1.45. The zero-order valence-corrected chi connectivity index (χ0v) is 11.0. The van der Waals surface area contributed by atoms with Crippen molar-refractivity contribution in [2.75, 3.05) is 0 Å². The van der Waals surface area contributed by atoms with Gasteiger partial charge in [-0.05, 0) is 35.7 Å². The highest BCUT2D eigenvalue weighted by Gasteiger charge is 2.22. The Morgan fingerprint density at radius 1 is 0.824 bits per heavy atom. The summed E-state index contributed by atoms with van der Waals surface area (Å²) < 4.78 is 12.3. The maximum absolute atomic E-state index is 12.3. The molecule has 0 radical (unpaired) electrons. The van der Waals surface area contributed by atoms with Gasteiger partial charge in [-0.2, -0.15) is 0 Å². The van der Waals surface area contributed by atoms with E-state index in [1.165, 1.54) is 5.56 Å². The smallest absolute Gasteiger partial charge is 0.0619 e. The molecule has 86 valence electrons. The maximum atomic E-state index is 12.3. The highest BCUT2D eigenvalue weighted by Crippen LogP contribution is 2.21. The van der Waals surface area contributed by atoms with Gasteiger partial charge in [-0.3, -0.25) is 0 Å². The Labute approximate surface area is 103 Å². The second-order valence-corrected chi connectivity index (χ2v) is 6.00. The van der Waals surface area contributed by atoms with Crippen LogP contribution in [0, 0.1) is 0 Å².